The van der Waals surface area contributed by atoms with Gasteiger partial charge in [-0.3, -0.25) is 19.5 Å². The Bertz CT molecular complexity index is 1350. The van der Waals surface area contributed by atoms with Crippen molar-refractivity contribution in [2.45, 2.75) is 19.9 Å². The Morgan fingerprint density at radius 2 is 1.87 bits per heavy atom. The van der Waals surface area contributed by atoms with Crippen LogP contribution in [-0.2, 0) is 0 Å². The maximum Gasteiger partial charge on any atom is 0.353 e. The topological polar surface area (TPSA) is 142 Å². The van der Waals surface area contributed by atoms with Gasteiger partial charge < -0.3 is 11.1 Å². The fourth-order valence-corrected chi connectivity index (χ4v) is 3.48. The number of nitrogen functional groups attached to an aromatic ring is 1. The van der Waals surface area contributed by atoms with Crippen LogP contribution in [0.25, 0.3) is 16.6 Å². The molecule has 156 valence electrons. The SMILES string of the molecule is Cc1cccc2nc(C(C)Nc3ncnc(N)c3[N+](=O)[O-])n(-c3ccccc3)c(=O)c12. The van der Waals surface area contributed by atoms with Crippen molar-refractivity contribution in [1.82, 2.24) is 19.5 Å². The number of nitrogens with two attached hydrogens (primary N) is 1. The molecule has 2 aromatic heterocycles. The van der Waals surface area contributed by atoms with Gasteiger partial charge in [0.15, 0.2) is 0 Å². The summed E-state index contributed by atoms with van der Waals surface area (Å²) in [6.45, 7) is 3.60. The monoisotopic (exact) mass is 417 g/mol. The van der Waals surface area contributed by atoms with Crippen LogP contribution in [0, 0.1) is 17.0 Å². The van der Waals surface area contributed by atoms with Gasteiger partial charge in [0.25, 0.3) is 5.56 Å². The van der Waals surface area contributed by atoms with Crippen molar-refractivity contribution in [3.05, 3.63) is 86.7 Å². The van der Waals surface area contributed by atoms with Gasteiger partial charge in [0, 0.05) is 0 Å². The zero-order chi connectivity index (χ0) is 22.1. The first-order chi connectivity index (χ1) is 14.9. The summed E-state index contributed by atoms with van der Waals surface area (Å²) in [4.78, 5) is 36.7. The van der Waals surface area contributed by atoms with Crippen molar-refractivity contribution in [1.29, 1.82) is 0 Å². The summed E-state index contributed by atoms with van der Waals surface area (Å²) in [5, 5.41) is 14.9. The number of benzene rings is 2. The summed E-state index contributed by atoms with van der Waals surface area (Å²) in [5.41, 5.74) is 6.99. The Hall–Kier alpha value is -4.34. The molecule has 0 aliphatic carbocycles. The fourth-order valence-electron chi connectivity index (χ4n) is 3.48. The van der Waals surface area contributed by atoms with E-state index in [1.807, 2.05) is 37.3 Å². The van der Waals surface area contributed by atoms with Crippen LogP contribution in [-0.4, -0.2) is 24.4 Å². The second kappa shape index (κ2) is 7.82. The van der Waals surface area contributed by atoms with Gasteiger partial charge in [0.1, 0.15) is 12.2 Å². The second-order valence-corrected chi connectivity index (χ2v) is 6.99. The highest BCUT2D eigenvalue weighted by Gasteiger charge is 2.25. The number of anilines is 2. The molecule has 0 radical (unpaired) electrons. The van der Waals surface area contributed by atoms with Crippen molar-refractivity contribution < 1.29 is 4.92 Å². The van der Waals surface area contributed by atoms with Crippen LogP contribution in [0.15, 0.2) is 59.7 Å². The molecule has 0 fully saturated rings. The van der Waals surface area contributed by atoms with Gasteiger partial charge in [-0.2, -0.15) is 0 Å². The van der Waals surface area contributed by atoms with Gasteiger partial charge in [0.2, 0.25) is 11.6 Å². The van der Waals surface area contributed by atoms with Gasteiger partial charge in [-0.25, -0.2) is 15.0 Å². The van der Waals surface area contributed by atoms with E-state index in [2.05, 4.69) is 15.3 Å². The van der Waals surface area contributed by atoms with Crippen LogP contribution in [0.1, 0.15) is 24.4 Å². The first-order valence-electron chi connectivity index (χ1n) is 9.47. The summed E-state index contributed by atoms with van der Waals surface area (Å²) in [6.07, 6.45) is 1.14. The van der Waals surface area contributed by atoms with Crippen molar-refractivity contribution >= 4 is 28.2 Å². The smallest absolute Gasteiger partial charge is 0.353 e. The molecule has 3 N–H and O–H groups in total. The molecule has 0 bridgehead atoms. The third-order valence-electron chi connectivity index (χ3n) is 4.92. The molecule has 4 aromatic rings. The quantitative estimate of drug-likeness (QED) is 0.372. The van der Waals surface area contributed by atoms with Crippen LogP contribution in [0.4, 0.5) is 17.3 Å². The van der Waals surface area contributed by atoms with Crippen LogP contribution < -0.4 is 16.6 Å². The summed E-state index contributed by atoms with van der Waals surface area (Å²) in [7, 11) is 0. The molecule has 0 spiro atoms. The number of rotatable bonds is 5. The lowest BCUT2D eigenvalue weighted by Crippen LogP contribution is -2.28. The van der Waals surface area contributed by atoms with E-state index in [0.29, 0.717) is 22.4 Å². The third-order valence-corrected chi connectivity index (χ3v) is 4.92. The van der Waals surface area contributed by atoms with Crippen LogP contribution >= 0.6 is 0 Å². The van der Waals surface area contributed by atoms with Gasteiger partial charge >= 0.3 is 5.69 Å². The maximum atomic E-state index is 13.5. The first-order valence-corrected chi connectivity index (χ1v) is 9.47. The maximum absolute atomic E-state index is 13.5. The Labute approximate surface area is 176 Å². The highest BCUT2D eigenvalue weighted by atomic mass is 16.6. The van der Waals surface area contributed by atoms with E-state index in [-0.39, 0.29) is 17.2 Å². The Morgan fingerprint density at radius 1 is 1.13 bits per heavy atom. The number of aromatic nitrogens is 4. The number of aryl methyl sites for hydroxylation is 1. The van der Waals surface area contributed by atoms with Crippen molar-refractivity contribution in [3.63, 3.8) is 0 Å². The molecule has 1 atom stereocenters. The summed E-state index contributed by atoms with van der Waals surface area (Å²) < 4.78 is 1.50. The zero-order valence-corrected chi connectivity index (χ0v) is 16.8. The van der Waals surface area contributed by atoms with Gasteiger partial charge in [-0.05, 0) is 37.6 Å². The lowest BCUT2D eigenvalue weighted by molar-refractivity contribution is -0.383. The fraction of sp³-hybridized carbons (Fsp3) is 0.143. The van der Waals surface area contributed by atoms with E-state index < -0.39 is 16.7 Å². The second-order valence-electron chi connectivity index (χ2n) is 6.99. The summed E-state index contributed by atoms with van der Waals surface area (Å²) in [5.74, 6) is 0.0706. The van der Waals surface area contributed by atoms with Crippen LogP contribution in [0.5, 0.6) is 0 Å². The number of nitro groups is 1. The van der Waals surface area contributed by atoms with E-state index in [1.54, 1.807) is 25.1 Å². The Balaban J connectivity index is 1.93. The number of fused-ring (bicyclic) bond motifs is 1. The number of hydrogen-bond donors (Lipinski definition) is 2. The summed E-state index contributed by atoms with van der Waals surface area (Å²) in [6, 6.07) is 13.9. The lowest BCUT2D eigenvalue weighted by Gasteiger charge is -2.20. The molecule has 31 heavy (non-hydrogen) atoms. The standard InChI is InChI=1S/C21H19N7O3/c1-12-7-6-10-15-16(12)21(29)27(14-8-4-3-5-9-14)20(26-15)13(2)25-19-17(28(30)31)18(22)23-11-24-19/h3-11,13H,1-2H3,(H3,22,23,24,25). The first kappa shape index (κ1) is 20.0. The minimum absolute atomic E-state index is 0.0526. The van der Waals surface area contributed by atoms with Gasteiger partial charge in [-0.15, -0.1) is 0 Å². The average Bonchev–Trinajstić information content (AvgIpc) is 2.74. The number of para-hydroxylation sites is 1. The molecule has 0 aliphatic heterocycles. The molecule has 0 amide bonds. The van der Waals surface area contributed by atoms with E-state index in [9.17, 15) is 14.9 Å². The minimum atomic E-state index is -0.647. The molecule has 0 saturated carbocycles. The molecule has 0 aliphatic rings. The normalized spacial score (nSPS) is 11.9. The predicted molar refractivity (Wildman–Crippen MR) is 117 cm³/mol. The van der Waals surface area contributed by atoms with Crippen molar-refractivity contribution in [3.8, 4) is 5.69 Å². The van der Waals surface area contributed by atoms with E-state index in [0.717, 1.165) is 11.9 Å². The summed E-state index contributed by atoms with van der Waals surface area (Å²) >= 11 is 0. The molecule has 10 nitrogen and oxygen atoms in total. The molecular formula is C21H19N7O3. The molecule has 10 heteroatoms. The van der Waals surface area contributed by atoms with Crippen LogP contribution in [0.3, 0.4) is 0 Å². The van der Waals surface area contributed by atoms with E-state index in [1.165, 1.54) is 4.57 Å². The molecular weight excluding hydrogens is 398 g/mol. The number of nitrogens with one attached hydrogen (secondary N) is 1. The Kier molecular flexibility index (Phi) is 5.04. The molecule has 0 saturated heterocycles. The number of nitrogens with zero attached hydrogens (tertiary/aromatic N) is 5. The minimum Gasteiger partial charge on any atom is -0.378 e. The number of hydrogen-bond acceptors (Lipinski definition) is 8. The highest BCUT2D eigenvalue weighted by molar-refractivity contribution is 5.81. The van der Waals surface area contributed by atoms with Gasteiger partial charge in [0.05, 0.1) is 27.6 Å². The predicted octanol–water partition coefficient (Wildman–Crippen LogP) is 3.15. The third kappa shape index (κ3) is 3.54. The molecule has 4 rings (SSSR count). The molecule has 2 aromatic carbocycles. The zero-order valence-electron chi connectivity index (χ0n) is 16.8. The van der Waals surface area contributed by atoms with E-state index >= 15 is 0 Å². The van der Waals surface area contributed by atoms with Crippen LogP contribution in [0.2, 0.25) is 0 Å². The lowest BCUT2D eigenvalue weighted by atomic mass is 10.1. The van der Waals surface area contributed by atoms with Crippen molar-refractivity contribution in [2.75, 3.05) is 11.1 Å². The van der Waals surface area contributed by atoms with Gasteiger partial charge in [-0.1, -0.05) is 30.3 Å². The largest absolute Gasteiger partial charge is 0.378 e. The van der Waals surface area contributed by atoms with E-state index in [4.69, 9.17) is 10.7 Å². The van der Waals surface area contributed by atoms with Crippen molar-refractivity contribution in [2.24, 2.45) is 0 Å². The Morgan fingerprint density at radius 3 is 2.58 bits per heavy atom. The average molecular weight is 417 g/mol. The molecule has 1 unspecified atom stereocenters. The molecule has 2 heterocycles. The highest BCUT2D eigenvalue weighted by Crippen LogP contribution is 2.30.